The lowest BCUT2D eigenvalue weighted by atomic mass is 9.84. The summed E-state index contributed by atoms with van der Waals surface area (Å²) in [6.45, 7) is 7.48. The number of pyridine rings is 1. The lowest BCUT2D eigenvalue weighted by Crippen LogP contribution is -2.20. The van der Waals surface area contributed by atoms with E-state index in [4.69, 9.17) is 9.47 Å². The second-order valence-electron chi connectivity index (χ2n) is 9.80. The van der Waals surface area contributed by atoms with Crippen molar-refractivity contribution in [2.24, 2.45) is 0 Å². The Kier molecular flexibility index (Phi) is 6.89. The summed E-state index contributed by atoms with van der Waals surface area (Å²) in [6.07, 6.45) is -1.41. The molecule has 0 bridgehead atoms. The van der Waals surface area contributed by atoms with Gasteiger partial charge in [-0.2, -0.15) is 0 Å². The van der Waals surface area contributed by atoms with Crippen molar-refractivity contribution in [3.05, 3.63) is 87.3 Å². The van der Waals surface area contributed by atoms with Crippen LogP contribution in [0.1, 0.15) is 43.6 Å². The summed E-state index contributed by atoms with van der Waals surface area (Å²) in [7, 11) is 1.43. The number of hydrogen-bond acceptors (Lipinski definition) is 5. The molecule has 0 saturated carbocycles. The van der Waals surface area contributed by atoms with Crippen LogP contribution in [0.3, 0.4) is 0 Å². The molecule has 36 heavy (non-hydrogen) atoms. The number of H-pyrrole nitrogens is 1. The summed E-state index contributed by atoms with van der Waals surface area (Å²) in [5, 5.41) is 20.9. The Bertz CT molecular complexity index is 1490. The molecule has 0 aliphatic rings. The Balaban J connectivity index is 2.07. The first-order valence-electron chi connectivity index (χ1n) is 11.7. The van der Waals surface area contributed by atoms with Crippen LogP contribution in [0.5, 0.6) is 17.2 Å². The zero-order valence-electron chi connectivity index (χ0n) is 21.0. The molecule has 188 valence electrons. The summed E-state index contributed by atoms with van der Waals surface area (Å²) in [4.78, 5) is 16.8. The number of halogens is 1. The molecule has 3 aromatic carbocycles. The fourth-order valence-electron chi connectivity index (χ4n) is 4.29. The second-order valence-corrected chi connectivity index (χ2v) is 9.80. The second kappa shape index (κ2) is 9.76. The fourth-order valence-corrected chi connectivity index (χ4v) is 4.29. The number of ether oxygens (including phenoxy) is 2. The molecule has 0 radical (unpaired) electrons. The van der Waals surface area contributed by atoms with Crippen molar-refractivity contribution in [1.82, 2.24) is 4.98 Å². The van der Waals surface area contributed by atoms with Crippen molar-refractivity contribution in [1.29, 1.82) is 0 Å². The van der Waals surface area contributed by atoms with Crippen LogP contribution < -0.4 is 14.9 Å². The van der Waals surface area contributed by atoms with E-state index >= 15 is 0 Å². The predicted molar refractivity (Wildman–Crippen MR) is 139 cm³/mol. The highest BCUT2D eigenvalue weighted by atomic mass is 19.1. The van der Waals surface area contributed by atoms with Crippen LogP contribution in [0.15, 0.2) is 59.4 Å². The van der Waals surface area contributed by atoms with Gasteiger partial charge in [-0.1, -0.05) is 39.0 Å². The third-order valence-corrected chi connectivity index (χ3v) is 6.21. The molecule has 1 heterocycles. The van der Waals surface area contributed by atoms with E-state index in [1.807, 2.05) is 19.1 Å². The average Bonchev–Trinajstić information content (AvgIpc) is 2.84. The number of aliphatic hydroxyl groups is 2. The summed E-state index contributed by atoms with van der Waals surface area (Å²) >= 11 is 0. The summed E-state index contributed by atoms with van der Waals surface area (Å²) in [5.41, 5.74) is 2.66. The van der Waals surface area contributed by atoms with Gasteiger partial charge < -0.3 is 24.7 Å². The molecule has 1 atom stereocenters. The van der Waals surface area contributed by atoms with Gasteiger partial charge in [0.2, 0.25) is 0 Å². The first-order chi connectivity index (χ1) is 17.0. The summed E-state index contributed by atoms with van der Waals surface area (Å²) in [5.74, 6) is 0.425. The molecule has 0 saturated heterocycles. The van der Waals surface area contributed by atoms with Crippen molar-refractivity contribution < 1.29 is 24.1 Å². The molecule has 7 heteroatoms. The van der Waals surface area contributed by atoms with Gasteiger partial charge in [0.25, 0.3) is 0 Å². The molecule has 6 nitrogen and oxygen atoms in total. The van der Waals surface area contributed by atoms with Gasteiger partial charge in [-0.15, -0.1) is 0 Å². The van der Waals surface area contributed by atoms with Gasteiger partial charge in [0.15, 0.2) is 16.9 Å². The number of rotatable bonds is 6. The summed E-state index contributed by atoms with van der Waals surface area (Å²) in [6, 6.07) is 14.8. The fraction of sp³-hybridized carbons (Fsp3) is 0.276. The van der Waals surface area contributed by atoms with E-state index in [0.29, 0.717) is 27.9 Å². The van der Waals surface area contributed by atoms with Crippen LogP contribution in [-0.2, 0) is 5.41 Å². The smallest absolute Gasteiger partial charge is 0.195 e. The predicted octanol–water partition coefficient (Wildman–Crippen LogP) is 5.77. The van der Waals surface area contributed by atoms with E-state index in [1.54, 1.807) is 24.3 Å². The number of fused-ring (bicyclic) bond motifs is 1. The maximum atomic E-state index is 13.8. The van der Waals surface area contributed by atoms with Crippen LogP contribution in [0.25, 0.3) is 22.2 Å². The molecular weight excluding hydrogens is 461 g/mol. The molecule has 1 unspecified atom stereocenters. The SMILES string of the molecule is COc1cc(F)ccc1Oc1cc(C(C)(C)C)cc(C)c1-c1[nH]c2ccccc2c(=O)c1C(O)CO. The first kappa shape index (κ1) is 25.4. The van der Waals surface area contributed by atoms with E-state index in [9.17, 15) is 19.4 Å². The molecule has 0 aliphatic carbocycles. The number of aromatic nitrogens is 1. The van der Waals surface area contributed by atoms with Gasteiger partial charge in [-0.25, -0.2) is 4.39 Å². The van der Waals surface area contributed by atoms with E-state index in [0.717, 1.165) is 11.1 Å². The van der Waals surface area contributed by atoms with Gasteiger partial charge in [0.1, 0.15) is 17.7 Å². The average molecular weight is 492 g/mol. The first-order valence-corrected chi connectivity index (χ1v) is 11.7. The standard InChI is InChI=1S/C29H30FNO5/c1-16-12-17(29(2,3)4)13-24(36-22-11-10-18(30)14-23(22)35-5)25(16)27-26(21(33)15-32)28(34)19-8-6-7-9-20(19)31-27/h6-14,21,32-33H,15H2,1-5H3,(H,31,34). The number of methoxy groups -OCH3 is 1. The van der Waals surface area contributed by atoms with E-state index in [-0.39, 0.29) is 27.9 Å². The minimum atomic E-state index is -1.41. The van der Waals surface area contributed by atoms with Crippen LogP contribution in [-0.4, -0.2) is 28.9 Å². The number of nitrogens with one attached hydrogen (secondary N) is 1. The van der Waals surface area contributed by atoms with E-state index in [1.165, 1.54) is 25.3 Å². The Morgan fingerprint density at radius 3 is 2.42 bits per heavy atom. The molecule has 1 aromatic heterocycles. The number of para-hydroxylation sites is 1. The van der Waals surface area contributed by atoms with Crippen molar-refractivity contribution in [2.45, 2.75) is 39.2 Å². The normalized spacial score (nSPS) is 12.6. The van der Waals surface area contributed by atoms with Crippen molar-refractivity contribution in [2.75, 3.05) is 13.7 Å². The van der Waals surface area contributed by atoms with Crippen molar-refractivity contribution >= 4 is 10.9 Å². The number of aryl methyl sites for hydroxylation is 1. The zero-order chi connectivity index (χ0) is 26.2. The molecule has 3 N–H and O–H groups in total. The minimum absolute atomic E-state index is 0.0405. The van der Waals surface area contributed by atoms with Crippen molar-refractivity contribution in [3.63, 3.8) is 0 Å². The van der Waals surface area contributed by atoms with Crippen LogP contribution >= 0.6 is 0 Å². The van der Waals surface area contributed by atoms with Gasteiger partial charge in [-0.3, -0.25) is 4.79 Å². The molecule has 4 aromatic rings. The number of aromatic amines is 1. The highest BCUT2D eigenvalue weighted by Gasteiger charge is 2.26. The maximum absolute atomic E-state index is 13.8. The van der Waals surface area contributed by atoms with Crippen LogP contribution in [0, 0.1) is 12.7 Å². The Labute approximate surface area is 209 Å². The lowest BCUT2D eigenvalue weighted by molar-refractivity contribution is 0.0952. The molecule has 0 fully saturated rings. The Morgan fingerprint density at radius 2 is 1.75 bits per heavy atom. The number of aliphatic hydroxyl groups excluding tert-OH is 2. The van der Waals surface area contributed by atoms with E-state index in [2.05, 4.69) is 25.8 Å². The Hall–Kier alpha value is -3.68. The topological polar surface area (TPSA) is 91.8 Å². The minimum Gasteiger partial charge on any atom is -0.493 e. The molecule has 0 aliphatic heterocycles. The van der Waals surface area contributed by atoms with E-state index < -0.39 is 18.5 Å². The van der Waals surface area contributed by atoms with Gasteiger partial charge in [-0.05, 0) is 53.8 Å². The van der Waals surface area contributed by atoms with Crippen LogP contribution in [0.2, 0.25) is 0 Å². The van der Waals surface area contributed by atoms with Gasteiger partial charge in [0, 0.05) is 22.5 Å². The molecule has 4 rings (SSSR count). The van der Waals surface area contributed by atoms with Gasteiger partial charge >= 0.3 is 0 Å². The molecule has 0 spiro atoms. The third-order valence-electron chi connectivity index (χ3n) is 6.21. The van der Waals surface area contributed by atoms with Gasteiger partial charge in [0.05, 0.1) is 25.0 Å². The molecule has 0 amide bonds. The maximum Gasteiger partial charge on any atom is 0.195 e. The van der Waals surface area contributed by atoms with Crippen molar-refractivity contribution in [3.8, 4) is 28.5 Å². The highest BCUT2D eigenvalue weighted by molar-refractivity contribution is 5.86. The monoisotopic (exact) mass is 491 g/mol. The third kappa shape index (κ3) is 4.72. The largest absolute Gasteiger partial charge is 0.493 e. The highest BCUT2D eigenvalue weighted by Crippen LogP contribution is 2.43. The van der Waals surface area contributed by atoms with Crippen LogP contribution in [0.4, 0.5) is 4.39 Å². The molecular formula is C29H30FNO5. The number of benzene rings is 3. The zero-order valence-corrected chi connectivity index (χ0v) is 21.0. The summed E-state index contributed by atoms with van der Waals surface area (Å²) < 4.78 is 25.5. The lowest BCUT2D eigenvalue weighted by Gasteiger charge is -2.25. The Morgan fingerprint density at radius 1 is 1.03 bits per heavy atom. The number of hydrogen-bond donors (Lipinski definition) is 3. The quantitative estimate of drug-likeness (QED) is 0.319.